The molecule has 0 aliphatic heterocycles. The van der Waals surface area contributed by atoms with Gasteiger partial charge < -0.3 is 5.73 Å². The molecule has 43 heavy (non-hydrogen) atoms. The number of fused-ring (bicyclic) bond motifs is 2. The number of aryl methyl sites for hydroxylation is 1. The summed E-state index contributed by atoms with van der Waals surface area (Å²) < 4.78 is 36.8. The molecule has 0 bridgehead atoms. The lowest BCUT2D eigenvalue weighted by Crippen LogP contribution is -2.06. The van der Waals surface area contributed by atoms with Crippen molar-refractivity contribution >= 4 is 27.5 Å². The number of nitrogen functional groups attached to an aromatic ring is 1. The Morgan fingerprint density at radius 3 is 1.95 bits per heavy atom. The Bertz CT molecular complexity index is 1320. The molecule has 2 aromatic carbocycles. The molecule has 0 fully saturated rings. The fraction of sp³-hybridized carbons (Fsp3) is 0.605. The summed E-state index contributed by atoms with van der Waals surface area (Å²) in [5, 5.41) is 2.14. The van der Waals surface area contributed by atoms with Gasteiger partial charge in [0.2, 0.25) is 0 Å². The summed E-state index contributed by atoms with van der Waals surface area (Å²) in [7, 11) is 0. The molecule has 0 spiro atoms. The number of halogens is 3. The van der Waals surface area contributed by atoms with Crippen LogP contribution in [0.3, 0.4) is 0 Å². The summed E-state index contributed by atoms with van der Waals surface area (Å²) in [4.78, 5) is 5.05. The van der Waals surface area contributed by atoms with Crippen LogP contribution in [0.1, 0.15) is 141 Å². The maximum absolute atomic E-state index is 12.3. The molecule has 1 heterocycles. The highest BCUT2D eigenvalue weighted by Crippen LogP contribution is 2.28. The van der Waals surface area contributed by atoms with Crippen LogP contribution in [0.15, 0.2) is 36.4 Å². The number of rotatable bonds is 17. The van der Waals surface area contributed by atoms with Gasteiger partial charge in [0.1, 0.15) is 0 Å². The van der Waals surface area contributed by atoms with E-state index in [1.54, 1.807) is 0 Å². The van der Waals surface area contributed by atoms with E-state index in [4.69, 9.17) is 10.7 Å². The highest BCUT2D eigenvalue weighted by atomic mass is 19.4. The van der Waals surface area contributed by atoms with Gasteiger partial charge in [-0.05, 0) is 61.3 Å². The second kappa shape index (κ2) is 17.5. The van der Waals surface area contributed by atoms with Gasteiger partial charge >= 0.3 is 6.18 Å². The number of unbranched alkanes of at least 4 members (excludes halogenated alkanes) is 13. The van der Waals surface area contributed by atoms with Gasteiger partial charge in [0.15, 0.2) is 0 Å². The third kappa shape index (κ3) is 13.6. The topological polar surface area (TPSA) is 38.9 Å². The summed E-state index contributed by atoms with van der Waals surface area (Å²) in [6.07, 6.45) is 13.5. The molecule has 0 atom stereocenters. The predicted octanol–water partition coefficient (Wildman–Crippen LogP) is 12.1. The smallest absolute Gasteiger partial charge is 0.389 e. The zero-order valence-corrected chi connectivity index (χ0v) is 26.9. The van der Waals surface area contributed by atoms with Crippen molar-refractivity contribution in [3.63, 3.8) is 0 Å². The van der Waals surface area contributed by atoms with E-state index in [2.05, 4.69) is 56.9 Å². The van der Waals surface area contributed by atoms with Crippen LogP contribution in [0, 0.1) is 17.3 Å². The van der Waals surface area contributed by atoms with Crippen LogP contribution in [0.2, 0.25) is 0 Å². The Labute approximate surface area is 258 Å². The largest absolute Gasteiger partial charge is 0.398 e. The highest BCUT2D eigenvalue weighted by molar-refractivity contribution is 5.96. The predicted molar refractivity (Wildman–Crippen MR) is 178 cm³/mol. The number of pyridine rings is 1. The van der Waals surface area contributed by atoms with Gasteiger partial charge in [0, 0.05) is 34.9 Å². The van der Waals surface area contributed by atoms with Crippen LogP contribution in [0.25, 0.3) is 21.8 Å². The zero-order chi connectivity index (χ0) is 31.1. The van der Waals surface area contributed by atoms with Crippen LogP contribution < -0.4 is 5.73 Å². The third-order valence-electron chi connectivity index (χ3n) is 8.25. The minimum atomic E-state index is -4.02. The van der Waals surface area contributed by atoms with E-state index in [0.717, 1.165) is 78.7 Å². The summed E-state index contributed by atoms with van der Waals surface area (Å²) in [5.41, 5.74) is 11.6. The number of nitrogens with two attached hydrogens (primary N) is 1. The molecule has 3 aromatic rings. The van der Waals surface area contributed by atoms with Crippen molar-refractivity contribution in [3.8, 4) is 11.8 Å². The first-order chi connectivity index (χ1) is 20.5. The van der Waals surface area contributed by atoms with E-state index in [9.17, 15) is 13.2 Å². The first kappa shape index (κ1) is 34.7. The molecule has 2 nitrogen and oxygen atoms in total. The van der Waals surface area contributed by atoms with E-state index in [0.29, 0.717) is 17.5 Å². The van der Waals surface area contributed by atoms with Crippen LogP contribution in [-0.2, 0) is 6.42 Å². The van der Waals surface area contributed by atoms with Crippen LogP contribution in [0.5, 0.6) is 0 Å². The Morgan fingerprint density at radius 1 is 0.698 bits per heavy atom. The number of anilines is 1. The second-order valence-corrected chi connectivity index (χ2v) is 13.5. The van der Waals surface area contributed by atoms with Gasteiger partial charge in [0.25, 0.3) is 0 Å². The van der Waals surface area contributed by atoms with Gasteiger partial charge in [-0.25, -0.2) is 4.98 Å². The minimum Gasteiger partial charge on any atom is -0.398 e. The molecule has 0 saturated carbocycles. The van der Waals surface area contributed by atoms with Crippen molar-refractivity contribution in [2.24, 2.45) is 5.41 Å². The van der Waals surface area contributed by atoms with Crippen molar-refractivity contribution in [2.45, 2.75) is 143 Å². The Kier molecular flexibility index (Phi) is 14.2. The normalized spacial score (nSPS) is 12.1. The molecule has 1 aromatic heterocycles. The number of aromatic nitrogens is 1. The number of hydrogen-bond donors (Lipinski definition) is 1. The van der Waals surface area contributed by atoms with Gasteiger partial charge in [0.05, 0.1) is 11.0 Å². The molecule has 2 N–H and O–H groups in total. The highest BCUT2D eigenvalue weighted by Gasteiger charge is 2.25. The van der Waals surface area contributed by atoms with Crippen molar-refractivity contribution in [1.29, 1.82) is 0 Å². The molecular formula is C38H53F3N2. The van der Waals surface area contributed by atoms with E-state index < -0.39 is 12.6 Å². The SMILES string of the molecule is CC(C)(C)CCCCCCCCCC#Cc1cc2nc3c(CCCCCCCCCC(F)(F)F)cccc3cc2cc1N. The number of alkyl halides is 3. The molecule has 0 amide bonds. The third-order valence-corrected chi connectivity index (χ3v) is 8.25. The maximum Gasteiger partial charge on any atom is 0.389 e. The number of benzene rings is 2. The monoisotopic (exact) mass is 594 g/mol. The maximum atomic E-state index is 12.3. The molecular weight excluding hydrogens is 541 g/mol. The molecule has 5 heteroatoms. The molecule has 0 unspecified atom stereocenters. The Hall–Kier alpha value is -2.74. The van der Waals surface area contributed by atoms with Crippen molar-refractivity contribution < 1.29 is 13.2 Å². The van der Waals surface area contributed by atoms with E-state index in [-0.39, 0.29) is 6.42 Å². The lowest BCUT2D eigenvalue weighted by atomic mass is 9.89. The quantitative estimate of drug-likeness (QED) is 0.0731. The number of nitrogens with zero attached hydrogens (tertiary/aromatic N) is 1. The van der Waals surface area contributed by atoms with Crippen molar-refractivity contribution in [1.82, 2.24) is 4.98 Å². The van der Waals surface area contributed by atoms with Crippen LogP contribution in [0.4, 0.5) is 18.9 Å². The number of hydrogen-bond acceptors (Lipinski definition) is 2. The fourth-order valence-corrected chi connectivity index (χ4v) is 5.73. The average Bonchev–Trinajstić information content (AvgIpc) is 2.93. The lowest BCUT2D eigenvalue weighted by molar-refractivity contribution is -0.135. The van der Waals surface area contributed by atoms with Gasteiger partial charge in [-0.1, -0.05) is 121 Å². The minimum absolute atomic E-state index is 0.246. The molecule has 3 rings (SSSR count). The summed E-state index contributed by atoms with van der Waals surface area (Å²) in [5.74, 6) is 6.64. The second-order valence-electron chi connectivity index (χ2n) is 13.5. The van der Waals surface area contributed by atoms with E-state index in [1.165, 1.54) is 50.5 Å². The molecule has 0 saturated heterocycles. The summed E-state index contributed by atoms with van der Waals surface area (Å²) in [6, 6.07) is 12.5. The summed E-state index contributed by atoms with van der Waals surface area (Å²) in [6.45, 7) is 6.96. The standard InChI is InChI=1S/C38H53F3N2/c1-37(2,3)25-18-14-10-6-4-5-8-13-17-22-31-29-35-33(28-34(31)42)27-32-24-20-23-30(36(32)43-35)21-16-12-9-7-11-15-19-26-38(39,40)41/h20,23-24,27-29H,4-16,18-19,21,25-26,42H2,1-3H3. The fourth-order valence-electron chi connectivity index (χ4n) is 5.73. The molecule has 236 valence electrons. The van der Waals surface area contributed by atoms with Gasteiger partial charge in [-0.15, -0.1) is 0 Å². The van der Waals surface area contributed by atoms with E-state index >= 15 is 0 Å². The van der Waals surface area contributed by atoms with Gasteiger partial charge in [-0.3, -0.25) is 0 Å². The lowest BCUT2D eigenvalue weighted by Gasteiger charge is -2.17. The first-order valence-electron chi connectivity index (χ1n) is 16.7. The molecule has 0 aliphatic carbocycles. The van der Waals surface area contributed by atoms with Crippen LogP contribution in [-0.4, -0.2) is 11.2 Å². The Morgan fingerprint density at radius 2 is 1.30 bits per heavy atom. The summed E-state index contributed by atoms with van der Waals surface area (Å²) >= 11 is 0. The molecule has 0 radical (unpaired) electrons. The zero-order valence-electron chi connectivity index (χ0n) is 26.9. The van der Waals surface area contributed by atoms with Crippen molar-refractivity contribution in [2.75, 3.05) is 5.73 Å². The number of para-hydroxylation sites is 1. The first-order valence-corrected chi connectivity index (χ1v) is 16.7. The average molecular weight is 595 g/mol. The van der Waals surface area contributed by atoms with E-state index in [1.807, 2.05) is 12.1 Å². The Balaban J connectivity index is 1.45. The van der Waals surface area contributed by atoms with Crippen LogP contribution >= 0.6 is 0 Å². The molecule has 0 aliphatic rings. The van der Waals surface area contributed by atoms with Gasteiger partial charge in [-0.2, -0.15) is 13.2 Å². The van der Waals surface area contributed by atoms with Crippen molar-refractivity contribution in [3.05, 3.63) is 47.5 Å².